The highest BCUT2D eigenvalue weighted by molar-refractivity contribution is 9.13. The second-order valence-electron chi connectivity index (χ2n) is 2.66. The summed E-state index contributed by atoms with van der Waals surface area (Å²) in [5, 5.41) is 3.42. The number of hydrogen-bond acceptors (Lipinski definition) is 1. The van der Waals surface area contributed by atoms with Gasteiger partial charge in [-0.25, -0.2) is 0 Å². The van der Waals surface area contributed by atoms with Crippen LogP contribution in [0.5, 0.6) is 0 Å². The average Bonchev–Trinajstić information content (AvgIpc) is 2.48. The van der Waals surface area contributed by atoms with Crippen molar-refractivity contribution >= 4 is 53.3 Å². The molecule has 0 unspecified atom stereocenters. The van der Waals surface area contributed by atoms with Crippen LogP contribution in [0.1, 0.15) is 5.56 Å². The molecule has 62 valence electrons. The summed E-state index contributed by atoms with van der Waals surface area (Å²) < 4.78 is 3.65. The fraction of sp³-hybridized carbons (Fsp3) is 0.111. The van der Waals surface area contributed by atoms with Gasteiger partial charge in [-0.1, -0.05) is 0 Å². The van der Waals surface area contributed by atoms with Gasteiger partial charge in [0.25, 0.3) is 0 Å². The Bertz CT molecular complexity index is 431. The number of hydrogen-bond donors (Lipinski definition) is 0. The molecule has 0 amide bonds. The molecule has 0 saturated heterocycles. The lowest BCUT2D eigenvalue weighted by molar-refractivity contribution is 1.45. The van der Waals surface area contributed by atoms with Crippen molar-refractivity contribution < 1.29 is 0 Å². The van der Waals surface area contributed by atoms with E-state index in [9.17, 15) is 0 Å². The zero-order valence-corrected chi connectivity index (χ0v) is 10.4. The zero-order valence-electron chi connectivity index (χ0n) is 6.40. The van der Waals surface area contributed by atoms with Crippen LogP contribution in [0.25, 0.3) is 10.1 Å². The minimum Gasteiger partial charge on any atom is -0.143 e. The second-order valence-corrected chi connectivity index (χ2v) is 5.16. The average molecular weight is 306 g/mol. The molecule has 0 spiro atoms. The molecule has 0 atom stereocenters. The van der Waals surface area contributed by atoms with Crippen molar-refractivity contribution in [2.24, 2.45) is 0 Å². The Morgan fingerprint density at radius 1 is 1.25 bits per heavy atom. The summed E-state index contributed by atoms with van der Waals surface area (Å²) in [7, 11) is 0. The third-order valence-electron chi connectivity index (χ3n) is 1.81. The minimum absolute atomic E-state index is 1.16. The third-order valence-corrected chi connectivity index (χ3v) is 5.36. The topological polar surface area (TPSA) is 0 Å². The van der Waals surface area contributed by atoms with E-state index in [0.717, 1.165) is 4.47 Å². The van der Waals surface area contributed by atoms with E-state index in [1.54, 1.807) is 11.3 Å². The lowest BCUT2D eigenvalue weighted by Crippen LogP contribution is -1.76. The first-order valence-corrected chi connectivity index (χ1v) is 5.98. The highest BCUT2D eigenvalue weighted by atomic mass is 79.9. The lowest BCUT2D eigenvalue weighted by Gasteiger charge is -2.01. The van der Waals surface area contributed by atoms with Crippen molar-refractivity contribution in [1.29, 1.82) is 0 Å². The lowest BCUT2D eigenvalue weighted by atomic mass is 10.2. The normalized spacial score (nSPS) is 10.9. The molecule has 12 heavy (non-hydrogen) atoms. The van der Waals surface area contributed by atoms with Crippen molar-refractivity contribution in [3.63, 3.8) is 0 Å². The molecule has 0 saturated carbocycles. The van der Waals surface area contributed by atoms with Gasteiger partial charge in [0.05, 0.1) is 0 Å². The van der Waals surface area contributed by atoms with Gasteiger partial charge in [0.2, 0.25) is 0 Å². The Hall–Kier alpha value is 0.140. The molecule has 0 nitrogen and oxygen atoms in total. The molecule has 3 heteroatoms. The molecular formula is C9H6Br2S. The van der Waals surface area contributed by atoms with Gasteiger partial charge in [0.1, 0.15) is 0 Å². The number of benzene rings is 1. The van der Waals surface area contributed by atoms with Gasteiger partial charge in [0.15, 0.2) is 0 Å². The quantitative estimate of drug-likeness (QED) is 0.660. The first-order valence-electron chi connectivity index (χ1n) is 3.52. The largest absolute Gasteiger partial charge is 0.143 e. The van der Waals surface area contributed by atoms with E-state index >= 15 is 0 Å². The van der Waals surface area contributed by atoms with Crippen LogP contribution in [-0.4, -0.2) is 0 Å². The molecule has 2 rings (SSSR count). The van der Waals surface area contributed by atoms with Crippen LogP contribution in [0.2, 0.25) is 0 Å². The molecule has 1 aromatic heterocycles. The number of rotatable bonds is 0. The van der Waals surface area contributed by atoms with Gasteiger partial charge in [-0.15, -0.1) is 11.3 Å². The van der Waals surface area contributed by atoms with E-state index in [4.69, 9.17) is 0 Å². The van der Waals surface area contributed by atoms with Crippen LogP contribution in [0, 0.1) is 6.92 Å². The van der Waals surface area contributed by atoms with Crippen molar-refractivity contribution in [2.75, 3.05) is 0 Å². The maximum Gasteiger partial charge on any atom is 0.0498 e. The van der Waals surface area contributed by atoms with E-state index in [1.807, 2.05) is 0 Å². The van der Waals surface area contributed by atoms with Crippen molar-refractivity contribution in [1.82, 2.24) is 0 Å². The number of aryl methyl sites for hydroxylation is 1. The van der Waals surface area contributed by atoms with E-state index < -0.39 is 0 Å². The smallest absolute Gasteiger partial charge is 0.0498 e. The Labute approximate surface area is 91.9 Å². The van der Waals surface area contributed by atoms with Gasteiger partial charge in [-0.3, -0.25) is 0 Å². The third kappa shape index (κ3) is 1.24. The molecule has 0 aliphatic rings. The standard InChI is InChI=1S/C9H6Br2S/c1-5-4-6-2-3-12-9(6)8(11)7(5)10/h2-4H,1H3. The van der Waals surface area contributed by atoms with Gasteiger partial charge in [0, 0.05) is 13.6 Å². The fourth-order valence-corrected chi connectivity index (χ4v) is 3.27. The SMILES string of the molecule is Cc1cc2ccsc2c(Br)c1Br. The van der Waals surface area contributed by atoms with E-state index in [0.29, 0.717) is 0 Å². The van der Waals surface area contributed by atoms with Gasteiger partial charge in [-0.2, -0.15) is 0 Å². The molecule has 0 aliphatic carbocycles. The molecule has 1 heterocycles. The van der Waals surface area contributed by atoms with E-state index in [-0.39, 0.29) is 0 Å². The van der Waals surface area contributed by atoms with E-state index in [1.165, 1.54) is 20.1 Å². The predicted octanol–water partition coefficient (Wildman–Crippen LogP) is 4.73. The van der Waals surface area contributed by atoms with Crippen LogP contribution >= 0.6 is 43.2 Å². The van der Waals surface area contributed by atoms with Crippen molar-refractivity contribution in [3.05, 3.63) is 32.0 Å². The Morgan fingerprint density at radius 2 is 2.00 bits per heavy atom. The molecule has 0 fully saturated rings. The fourth-order valence-electron chi connectivity index (χ4n) is 1.18. The first kappa shape index (κ1) is 8.73. The Morgan fingerprint density at radius 3 is 2.75 bits per heavy atom. The number of halogens is 2. The number of thiophene rings is 1. The molecule has 0 radical (unpaired) electrons. The molecule has 0 N–H and O–H groups in total. The molecule has 0 bridgehead atoms. The monoisotopic (exact) mass is 304 g/mol. The van der Waals surface area contributed by atoms with Crippen molar-refractivity contribution in [3.8, 4) is 0 Å². The van der Waals surface area contributed by atoms with Crippen LogP contribution < -0.4 is 0 Å². The van der Waals surface area contributed by atoms with E-state index in [2.05, 4.69) is 56.3 Å². The van der Waals surface area contributed by atoms with Crippen molar-refractivity contribution in [2.45, 2.75) is 6.92 Å². The summed E-state index contributed by atoms with van der Waals surface area (Å²) in [6.07, 6.45) is 0. The van der Waals surface area contributed by atoms with Crippen LogP contribution in [0.15, 0.2) is 26.5 Å². The summed E-state index contributed by atoms with van der Waals surface area (Å²) in [6, 6.07) is 4.34. The molecule has 1 aromatic carbocycles. The predicted molar refractivity (Wildman–Crippen MR) is 62.0 cm³/mol. The van der Waals surface area contributed by atoms with Crippen LogP contribution in [-0.2, 0) is 0 Å². The van der Waals surface area contributed by atoms with Crippen LogP contribution in [0.4, 0.5) is 0 Å². The van der Waals surface area contributed by atoms with Crippen LogP contribution in [0.3, 0.4) is 0 Å². The minimum atomic E-state index is 1.16. The second kappa shape index (κ2) is 3.13. The summed E-state index contributed by atoms with van der Waals surface area (Å²) in [4.78, 5) is 0. The maximum atomic E-state index is 3.57. The molecule has 0 aliphatic heterocycles. The Balaban J connectivity index is 2.94. The molecular weight excluding hydrogens is 300 g/mol. The molecule has 2 aromatic rings. The Kier molecular flexibility index (Phi) is 2.27. The highest BCUT2D eigenvalue weighted by Gasteiger charge is 2.06. The van der Waals surface area contributed by atoms with Gasteiger partial charge >= 0.3 is 0 Å². The van der Waals surface area contributed by atoms with Gasteiger partial charge in [-0.05, 0) is 67.2 Å². The highest BCUT2D eigenvalue weighted by Crippen LogP contribution is 2.36. The first-order chi connectivity index (χ1) is 5.70. The summed E-state index contributed by atoms with van der Waals surface area (Å²) >= 11 is 8.88. The summed E-state index contributed by atoms with van der Waals surface area (Å²) in [5.41, 5.74) is 1.27. The summed E-state index contributed by atoms with van der Waals surface area (Å²) in [6.45, 7) is 2.10. The number of fused-ring (bicyclic) bond motifs is 1. The zero-order chi connectivity index (χ0) is 8.72. The summed E-state index contributed by atoms with van der Waals surface area (Å²) in [5.74, 6) is 0. The maximum absolute atomic E-state index is 3.57. The van der Waals surface area contributed by atoms with Gasteiger partial charge < -0.3 is 0 Å².